The van der Waals surface area contributed by atoms with Crippen LogP contribution in [0.25, 0.3) is 0 Å². The Morgan fingerprint density at radius 2 is 1.65 bits per heavy atom. The molecule has 0 fully saturated rings. The third-order valence-corrected chi connectivity index (χ3v) is 2.32. The molecule has 0 atom stereocenters. The average molecular weight is 226 g/mol. The summed E-state index contributed by atoms with van der Waals surface area (Å²) in [4.78, 5) is 0. The van der Waals surface area contributed by atoms with Crippen molar-refractivity contribution in [3.05, 3.63) is 60.2 Å². The minimum Gasteiger partial charge on any atom is -0.457 e. The van der Waals surface area contributed by atoms with Gasteiger partial charge in [0.25, 0.3) is 0 Å². The number of para-hydroxylation sites is 2. The molecule has 0 aliphatic carbocycles. The van der Waals surface area contributed by atoms with Crippen LogP contribution in [0.15, 0.2) is 54.6 Å². The van der Waals surface area contributed by atoms with Crippen LogP contribution >= 0.6 is 0 Å². The molecule has 0 bridgehead atoms. The Kier molecular flexibility index (Phi) is 3.40. The summed E-state index contributed by atoms with van der Waals surface area (Å²) in [7, 11) is 0. The van der Waals surface area contributed by atoms with Crippen molar-refractivity contribution in [2.75, 3.05) is 0 Å². The van der Waals surface area contributed by atoms with Crippen molar-refractivity contribution in [2.24, 2.45) is 5.73 Å². The summed E-state index contributed by atoms with van der Waals surface area (Å²) in [6.07, 6.45) is 0.406. The first kappa shape index (κ1) is 11.2. The van der Waals surface area contributed by atoms with Gasteiger partial charge in [0, 0.05) is 12.0 Å². The van der Waals surface area contributed by atoms with Crippen LogP contribution in [0.2, 0.25) is 0 Å². The van der Waals surface area contributed by atoms with Crippen molar-refractivity contribution in [2.45, 2.75) is 6.42 Å². The lowest BCUT2D eigenvalue weighted by Gasteiger charge is -2.10. The maximum absolute atomic E-state index is 7.33. The van der Waals surface area contributed by atoms with Gasteiger partial charge in [-0.3, -0.25) is 5.41 Å². The number of hydrogen-bond donors (Lipinski definition) is 2. The van der Waals surface area contributed by atoms with Crippen molar-refractivity contribution in [1.29, 1.82) is 5.41 Å². The van der Waals surface area contributed by atoms with Gasteiger partial charge in [-0.2, -0.15) is 0 Å². The van der Waals surface area contributed by atoms with Crippen LogP contribution in [0.5, 0.6) is 11.5 Å². The van der Waals surface area contributed by atoms with E-state index in [4.69, 9.17) is 15.9 Å². The highest BCUT2D eigenvalue weighted by molar-refractivity contribution is 5.80. The van der Waals surface area contributed by atoms with Gasteiger partial charge in [0.15, 0.2) is 0 Å². The van der Waals surface area contributed by atoms with Crippen LogP contribution < -0.4 is 10.5 Å². The number of rotatable bonds is 4. The van der Waals surface area contributed by atoms with E-state index in [1.54, 1.807) is 0 Å². The van der Waals surface area contributed by atoms with Gasteiger partial charge in [-0.05, 0) is 18.2 Å². The standard InChI is InChI=1S/C14H14N2O/c15-14(16)10-11-6-4-5-9-13(11)17-12-7-2-1-3-8-12/h1-9H,10H2,(H3,15,16). The molecule has 0 unspecified atom stereocenters. The Labute approximate surface area is 100 Å². The number of nitrogens with two attached hydrogens (primary N) is 1. The largest absolute Gasteiger partial charge is 0.457 e. The molecule has 2 aromatic rings. The maximum Gasteiger partial charge on any atom is 0.131 e. The maximum atomic E-state index is 7.33. The molecule has 0 saturated carbocycles. The second-order valence-electron chi connectivity index (χ2n) is 3.72. The fourth-order valence-electron chi connectivity index (χ4n) is 1.57. The molecule has 86 valence electrons. The normalized spacial score (nSPS) is 9.88. The highest BCUT2D eigenvalue weighted by Crippen LogP contribution is 2.25. The van der Waals surface area contributed by atoms with E-state index in [1.807, 2.05) is 54.6 Å². The second kappa shape index (κ2) is 5.16. The first-order valence-corrected chi connectivity index (χ1v) is 5.39. The molecule has 0 aliphatic rings. The van der Waals surface area contributed by atoms with Gasteiger partial charge in [-0.15, -0.1) is 0 Å². The summed E-state index contributed by atoms with van der Waals surface area (Å²) < 4.78 is 5.76. The van der Waals surface area contributed by atoms with Gasteiger partial charge in [0.1, 0.15) is 11.5 Å². The van der Waals surface area contributed by atoms with Crippen molar-refractivity contribution < 1.29 is 4.74 Å². The highest BCUT2D eigenvalue weighted by Gasteiger charge is 2.05. The predicted molar refractivity (Wildman–Crippen MR) is 68.6 cm³/mol. The third-order valence-electron chi connectivity index (χ3n) is 2.32. The number of nitrogens with one attached hydrogen (secondary N) is 1. The minimum absolute atomic E-state index is 0.133. The van der Waals surface area contributed by atoms with E-state index < -0.39 is 0 Å². The van der Waals surface area contributed by atoms with Crippen LogP contribution in [0.3, 0.4) is 0 Å². The Hall–Kier alpha value is -2.29. The first-order chi connectivity index (χ1) is 8.25. The fraction of sp³-hybridized carbons (Fsp3) is 0.0714. The zero-order valence-corrected chi connectivity index (χ0v) is 9.39. The van der Waals surface area contributed by atoms with Crippen molar-refractivity contribution in [1.82, 2.24) is 0 Å². The number of hydrogen-bond acceptors (Lipinski definition) is 2. The minimum atomic E-state index is 0.133. The van der Waals surface area contributed by atoms with Crippen LogP contribution in [-0.2, 0) is 6.42 Å². The van der Waals surface area contributed by atoms with E-state index in [0.29, 0.717) is 6.42 Å². The van der Waals surface area contributed by atoms with Crippen LogP contribution in [-0.4, -0.2) is 5.84 Å². The Morgan fingerprint density at radius 1 is 1.00 bits per heavy atom. The lowest BCUT2D eigenvalue weighted by Crippen LogP contribution is -2.13. The molecule has 0 aliphatic heterocycles. The number of ether oxygens (including phenoxy) is 1. The molecular formula is C14H14N2O. The summed E-state index contributed by atoms with van der Waals surface area (Å²) in [6.45, 7) is 0. The van der Waals surface area contributed by atoms with Crippen molar-refractivity contribution >= 4 is 5.84 Å². The second-order valence-corrected chi connectivity index (χ2v) is 3.72. The molecule has 2 aromatic carbocycles. The lowest BCUT2D eigenvalue weighted by atomic mass is 10.1. The number of amidine groups is 1. The molecule has 2 rings (SSSR count). The summed E-state index contributed by atoms with van der Waals surface area (Å²) in [5.41, 5.74) is 6.33. The SMILES string of the molecule is N=C(N)Cc1ccccc1Oc1ccccc1. The topological polar surface area (TPSA) is 59.1 Å². The molecule has 0 radical (unpaired) electrons. The van der Waals surface area contributed by atoms with E-state index in [9.17, 15) is 0 Å². The Balaban J connectivity index is 2.23. The summed E-state index contributed by atoms with van der Waals surface area (Å²) in [5, 5.41) is 7.33. The zero-order chi connectivity index (χ0) is 12.1. The van der Waals surface area contributed by atoms with Crippen molar-refractivity contribution in [3.8, 4) is 11.5 Å². The van der Waals surface area contributed by atoms with Gasteiger partial charge in [-0.1, -0.05) is 36.4 Å². The Morgan fingerprint density at radius 3 is 2.35 bits per heavy atom. The third kappa shape index (κ3) is 3.08. The molecule has 0 aromatic heterocycles. The monoisotopic (exact) mass is 226 g/mol. The van der Waals surface area contributed by atoms with Crippen LogP contribution in [0, 0.1) is 5.41 Å². The molecule has 3 nitrogen and oxygen atoms in total. The van der Waals surface area contributed by atoms with Gasteiger partial charge < -0.3 is 10.5 Å². The fourth-order valence-corrected chi connectivity index (χ4v) is 1.57. The van der Waals surface area contributed by atoms with Gasteiger partial charge in [0.05, 0.1) is 5.84 Å². The summed E-state index contributed by atoms with van der Waals surface area (Å²) >= 11 is 0. The van der Waals surface area contributed by atoms with E-state index in [1.165, 1.54) is 0 Å². The van der Waals surface area contributed by atoms with E-state index in [2.05, 4.69) is 0 Å². The Bertz CT molecular complexity index is 509. The van der Waals surface area contributed by atoms with Gasteiger partial charge in [-0.25, -0.2) is 0 Å². The molecule has 0 heterocycles. The van der Waals surface area contributed by atoms with E-state index >= 15 is 0 Å². The molecule has 3 heteroatoms. The molecule has 0 saturated heterocycles. The molecule has 17 heavy (non-hydrogen) atoms. The van der Waals surface area contributed by atoms with Gasteiger partial charge >= 0.3 is 0 Å². The van der Waals surface area contributed by atoms with Gasteiger partial charge in [0.2, 0.25) is 0 Å². The molecular weight excluding hydrogens is 212 g/mol. The average Bonchev–Trinajstić information content (AvgIpc) is 2.32. The van der Waals surface area contributed by atoms with Crippen LogP contribution in [0.4, 0.5) is 0 Å². The van der Waals surface area contributed by atoms with Crippen LogP contribution in [0.1, 0.15) is 5.56 Å². The molecule has 0 amide bonds. The molecule has 3 N–H and O–H groups in total. The van der Waals surface area contributed by atoms with Crippen molar-refractivity contribution in [3.63, 3.8) is 0 Å². The molecule has 0 spiro atoms. The smallest absolute Gasteiger partial charge is 0.131 e. The summed E-state index contributed by atoms with van der Waals surface area (Å²) in [6, 6.07) is 17.2. The highest BCUT2D eigenvalue weighted by atomic mass is 16.5. The first-order valence-electron chi connectivity index (χ1n) is 5.39. The lowest BCUT2D eigenvalue weighted by molar-refractivity contribution is 0.478. The predicted octanol–water partition coefficient (Wildman–Crippen LogP) is 2.96. The zero-order valence-electron chi connectivity index (χ0n) is 9.39. The van der Waals surface area contributed by atoms with E-state index in [0.717, 1.165) is 17.1 Å². The quantitative estimate of drug-likeness (QED) is 0.622. The van der Waals surface area contributed by atoms with E-state index in [-0.39, 0.29) is 5.84 Å². The number of benzene rings is 2. The summed E-state index contributed by atoms with van der Waals surface area (Å²) in [5.74, 6) is 1.66.